The van der Waals surface area contributed by atoms with Crippen molar-refractivity contribution in [3.63, 3.8) is 0 Å². The van der Waals surface area contributed by atoms with Crippen molar-refractivity contribution in [2.75, 3.05) is 9.80 Å². The number of anilines is 6. The Morgan fingerprint density at radius 3 is 1.02 bits per heavy atom. The monoisotopic (exact) mass is 878 g/mol. The molecule has 0 N–H and O–H groups in total. The highest BCUT2D eigenvalue weighted by molar-refractivity contribution is 6.30. The van der Waals surface area contributed by atoms with E-state index in [1.54, 1.807) is 48.5 Å². The van der Waals surface area contributed by atoms with Gasteiger partial charge in [0.25, 0.3) is 0 Å². The lowest BCUT2D eigenvalue weighted by Gasteiger charge is -2.26. The lowest BCUT2D eigenvalue weighted by molar-refractivity contribution is -0.138. The molecule has 0 spiro atoms. The number of fused-ring (bicyclic) bond motifs is 11. The fourth-order valence-electron chi connectivity index (χ4n) is 8.82. The van der Waals surface area contributed by atoms with E-state index >= 15 is 0 Å². The first kappa shape index (κ1) is 40.1. The fraction of sp³-hybridized carbons (Fsp3) is 0.0370. The Morgan fingerprint density at radius 1 is 0.364 bits per heavy atom. The van der Waals surface area contributed by atoms with E-state index in [-0.39, 0.29) is 0 Å². The van der Waals surface area contributed by atoms with Crippen LogP contribution in [0.2, 0.25) is 0 Å². The maximum Gasteiger partial charge on any atom is 0.416 e. The molecular formula is C54H28F6N4O2. The Bertz CT molecular complexity index is 3550. The van der Waals surface area contributed by atoms with Crippen molar-refractivity contribution in [3.8, 4) is 12.1 Å². The molecule has 11 aromatic rings. The number of halogens is 6. The van der Waals surface area contributed by atoms with Crippen molar-refractivity contribution < 1.29 is 35.2 Å². The van der Waals surface area contributed by atoms with Crippen LogP contribution in [0.15, 0.2) is 179 Å². The molecule has 9 aromatic carbocycles. The third-order valence-corrected chi connectivity index (χ3v) is 11.9. The zero-order valence-corrected chi connectivity index (χ0v) is 34.0. The summed E-state index contributed by atoms with van der Waals surface area (Å²) in [6.07, 6.45) is -8.99. The third-order valence-electron chi connectivity index (χ3n) is 11.9. The number of rotatable bonds is 6. The predicted molar refractivity (Wildman–Crippen MR) is 245 cm³/mol. The molecule has 0 aliphatic heterocycles. The Balaban J connectivity index is 1.01. The molecule has 6 nitrogen and oxygen atoms in total. The van der Waals surface area contributed by atoms with Gasteiger partial charge in [-0.15, -0.1) is 0 Å². The minimum absolute atomic E-state index is 0.445. The van der Waals surface area contributed by atoms with Gasteiger partial charge >= 0.3 is 12.4 Å². The third kappa shape index (κ3) is 6.66. The standard InChI is InChI=1S/C54H28F6N4O2/c55-53(56,57)35-7-15-39(16-8-35)63(37-11-1-31(29-61)2-12-37)41-19-23-43-33(27-41)5-21-45-49-47(65-51(43)45)25-26-48-50(49)46-22-6-34-28-42(20-24-44(34)52(46)66-48)64(38-13-3-32(30-62)4-14-38)40-17-9-36(10-18-40)54(58,59)60/h1-28H. The molecule has 11 rings (SSSR count). The maximum absolute atomic E-state index is 13.5. The molecule has 0 unspecified atom stereocenters. The van der Waals surface area contributed by atoms with E-state index in [2.05, 4.69) is 12.1 Å². The fourth-order valence-corrected chi connectivity index (χ4v) is 8.82. The number of hydrogen-bond donors (Lipinski definition) is 0. The summed E-state index contributed by atoms with van der Waals surface area (Å²) in [7, 11) is 0. The first-order valence-corrected chi connectivity index (χ1v) is 20.5. The van der Waals surface area contributed by atoms with Crippen LogP contribution in [0, 0.1) is 22.7 Å². The second kappa shape index (κ2) is 14.9. The summed E-state index contributed by atoms with van der Waals surface area (Å²) in [5.41, 5.74) is 5.60. The minimum atomic E-state index is -4.49. The summed E-state index contributed by atoms with van der Waals surface area (Å²) in [5.74, 6) is 0. The van der Waals surface area contributed by atoms with Gasteiger partial charge in [-0.25, -0.2) is 0 Å². The van der Waals surface area contributed by atoms with Gasteiger partial charge in [0, 0.05) is 66.4 Å². The van der Waals surface area contributed by atoms with Gasteiger partial charge in [0.05, 0.1) is 34.4 Å². The minimum Gasteiger partial charge on any atom is -0.455 e. The SMILES string of the molecule is N#Cc1ccc(N(c2ccc(C(F)(F)F)cc2)c2ccc3c(ccc4c3oc3ccc5oc6c7ccc(N(c8ccc(C#N)cc8)c8ccc(C(F)(F)F)cc8)cc7ccc6c5c34)c2)cc1. The summed E-state index contributed by atoms with van der Waals surface area (Å²) < 4.78 is 94.4. The number of furan rings is 2. The lowest BCUT2D eigenvalue weighted by atomic mass is 10.00. The molecule has 0 saturated heterocycles. The van der Waals surface area contributed by atoms with Crippen molar-refractivity contribution in [1.82, 2.24) is 0 Å². The normalized spacial score (nSPS) is 12.1. The first-order chi connectivity index (χ1) is 31.9. The largest absolute Gasteiger partial charge is 0.455 e. The second-order valence-corrected chi connectivity index (χ2v) is 15.8. The molecule has 0 saturated carbocycles. The van der Waals surface area contributed by atoms with Crippen molar-refractivity contribution in [1.29, 1.82) is 10.5 Å². The van der Waals surface area contributed by atoms with Crippen LogP contribution in [0.4, 0.5) is 60.5 Å². The van der Waals surface area contributed by atoms with E-state index in [1.165, 1.54) is 24.3 Å². The van der Waals surface area contributed by atoms with Gasteiger partial charge in [-0.05, 0) is 168 Å². The molecule has 0 aliphatic rings. The molecule has 0 aliphatic carbocycles. The van der Waals surface area contributed by atoms with E-state index in [1.807, 2.05) is 82.6 Å². The van der Waals surface area contributed by atoms with Crippen molar-refractivity contribution in [3.05, 3.63) is 192 Å². The summed E-state index contributed by atoms with van der Waals surface area (Å²) in [6, 6.07) is 50.9. The summed E-state index contributed by atoms with van der Waals surface area (Å²) in [5, 5.41) is 25.6. The zero-order valence-electron chi connectivity index (χ0n) is 34.0. The van der Waals surface area contributed by atoms with Crippen LogP contribution in [0.3, 0.4) is 0 Å². The summed E-state index contributed by atoms with van der Waals surface area (Å²) in [6.45, 7) is 0. The van der Waals surface area contributed by atoms with E-state index in [4.69, 9.17) is 8.83 Å². The molecular weight excluding hydrogens is 851 g/mol. The molecule has 0 fully saturated rings. The summed E-state index contributed by atoms with van der Waals surface area (Å²) in [4.78, 5) is 3.66. The highest BCUT2D eigenvalue weighted by Gasteiger charge is 2.31. The molecule has 318 valence electrons. The number of nitrogens with zero attached hydrogens (tertiary/aromatic N) is 4. The molecule has 2 aromatic heterocycles. The molecule has 0 atom stereocenters. The highest BCUT2D eigenvalue weighted by atomic mass is 19.4. The van der Waals surface area contributed by atoms with Gasteiger partial charge in [-0.3, -0.25) is 0 Å². The number of hydrogen-bond acceptors (Lipinski definition) is 6. The van der Waals surface area contributed by atoms with E-state index in [0.717, 1.165) is 67.4 Å². The van der Waals surface area contributed by atoms with Crippen LogP contribution in [-0.2, 0) is 12.4 Å². The Morgan fingerprint density at radius 2 is 0.682 bits per heavy atom. The molecule has 2 heterocycles. The lowest BCUT2D eigenvalue weighted by Crippen LogP contribution is -2.11. The van der Waals surface area contributed by atoms with Gasteiger partial charge in [0.15, 0.2) is 0 Å². The van der Waals surface area contributed by atoms with Crippen LogP contribution in [0.5, 0.6) is 0 Å². The first-order valence-electron chi connectivity index (χ1n) is 20.5. The molecule has 0 bridgehead atoms. The topological polar surface area (TPSA) is 80.3 Å². The Hall–Kier alpha value is -8.74. The van der Waals surface area contributed by atoms with Gasteiger partial charge in [0.1, 0.15) is 22.3 Å². The predicted octanol–water partition coefficient (Wildman–Crippen LogP) is 16.5. The Kier molecular flexibility index (Phi) is 9.06. The van der Waals surface area contributed by atoms with E-state index < -0.39 is 23.5 Å². The van der Waals surface area contributed by atoms with Gasteiger partial charge in [-0.2, -0.15) is 36.9 Å². The second-order valence-electron chi connectivity index (χ2n) is 15.8. The van der Waals surface area contributed by atoms with Crippen LogP contribution in [-0.4, -0.2) is 0 Å². The number of nitriles is 2. The average molecular weight is 879 g/mol. The summed E-state index contributed by atoms with van der Waals surface area (Å²) >= 11 is 0. The molecule has 66 heavy (non-hydrogen) atoms. The number of alkyl halides is 6. The molecule has 0 amide bonds. The quantitative estimate of drug-likeness (QED) is 0.155. The van der Waals surface area contributed by atoms with E-state index in [9.17, 15) is 36.9 Å². The zero-order chi connectivity index (χ0) is 45.5. The van der Waals surface area contributed by atoms with Crippen LogP contribution in [0.1, 0.15) is 22.3 Å². The molecule has 0 radical (unpaired) electrons. The van der Waals surface area contributed by atoms with Gasteiger partial charge < -0.3 is 18.6 Å². The molecule has 12 heteroatoms. The average Bonchev–Trinajstić information content (AvgIpc) is 3.91. The smallest absolute Gasteiger partial charge is 0.416 e. The van der Waals surface area contributed by atoms with E-state index in [0.29, 0.717) is 67.6 Å². The van der Waals surface area contributed by atoms with Gasteiger partial charge in [0.2, 0.25) is 0 Å². The van der Waals surface area contributed by atoms with Crippen molar-refractivity contribution in [2.24, 2.45) is 0 Å². The number of benzene rings is 9. The van der Waals surface area contributed by atoms with Crippen molar-refractivity contribution >= 4 is 99.5 Å². The van der Waals surface area contributed by atoms with Crippen LogP contribution >= 0.6 is 0 Å². The van der Waals surface area contributed by atoms with Crippen LogP contribution in [0.25, 0.3) is 65.4 Å². The van der Waals surface area contributed by atoms with Gasteiger partial charge in [-0.1, -0.05) is 12.1 Å². The van der Waals surface area contributed by atoms with Crippen LogP contribution < -0.4 is 9.80 Å². The van der Waals surface area contributed by atoms with Crippen molar-refractivity contribution in [2.45, 2.75) is 12.4 Å². The Labute approximate surface area is 370 Å². The highest BCUT2D eigenvalue weighted by Crippen LogP contribution is 2.46. The maximum atomic E-state index is 13.5.